The van der Waals surface area contributed by atoms with Crippen molar-refractivity contribution in [2.75, 3.05) is 6.61 Å². The zero-order chi connectivity index (χ0) is 20.6. The first kappa shape index (κ1) is 21.0. The first-order chi connectivity index (χ1) is 13.2. The molecule has 0 spiro atoms. The molecule has 1 heterocycles. The fraction of sp³-hybridized carbons (Fsp3) is 0.609. The molecule has 5 atom stereocenters. The fourth-order valence-corrected chi connectivity index (χ4v) is 5.57. The molecule has 0 bridgehead atoms. The van der Waals surface area contributed by atoms with Crippen LogP contribution in [0.1, 0.15) is 47.0 Å². The van der Waals surface area contributed by atoms with Crippen molar-refractivity contribution in [3.05, 3.63) is 48.1 Å². The summed E-state index contributed by atoms with van der Waals surface area (Å²) in [5.74, 6) is -0.512. The quantitative estimate of drug-likeness (QED) is 0.334. The Labute approximate surface area is 167 Å². The van der Waals surface area contributed by atoms with Gasteiger partial charge in [-0.1, -0.05) is 57.6 Å². The summed E-state index contributed by atoms with van der Waals surface area (Å²) < 4.78 is 11.2. The summed E-state index contributed by atoms with van der Waals surface area (Å²) in [5, 5.41) is 21.8. The number of esters is 1. The van der Waals surface area contributed by atoms with E-state index in [1.165, 1.54) is 6.08 Å². The van der Waals surface area contributed by atoms with E-state index < -0.39 is 29.4 Å². The Morgan fingerprint density at radius 3 is 2.64 bits per heavy atom. The van der Waals surface area contributed by atoms with Gasteiger partial charge in [0.15, 0.2) is 6.29 Å². The van der Waals surface area contributed by atoms with E-state index in [4.69, 9.17) is 9.47 Å². The topological polar surface area (TPSA) is 76.0 Å². The SMILES string of the molecule is C/C=C/C=C/C=C/C(=O)O[C@@H]1C=C2[C@H](O)OC[C@]2(O)[C@@]2(C)CCCC(C)(C)[C@H]12. The van der Waals surface area contributed by atoms with Crippen LogP contribution in [0, 0.1) is 16.7 Å². The molecule has 0 aromatic heterocycles. The van der Waals surface area contributed by atoms with Crippen molar-refractivity contribution in [3.8, 4) is 0 Å². The van der Waals surface area contributed by atoms with Gasteiger partial charge in [-0.3, -0.25) is 0 Å². The molecule has 3 aliphatic rings. The van der Waals surface area contributed by atoms with Gasteiger partial charge in [-0.05, 0) is 31.3 Å². The van der Waals surface area contributed by atoms with Crippen LogP contribution in [-0.2, 0) is 14.3 Å². The number of hydrogen-bond acceptors (Lipinski definition) is 5. The van der Waals surface area contributed by atoms with E-state index in [1.807, 2.05) is 32.1 Å². The van der Waals surface area contributed by atoms with E-state index >= 15 is 0 Å². The van der Waals surface area contributed by atoms with Gasteiger partial charge in [-0.15, -0.1) is 0 Å². The van der Waals surface area contributed by atoms with Gasteiger partial charge < -0.3 is 19.7 Å². The van der Waals surface area contributed by atoms with E-state index in [0.29, 0.717) is 5.57 Å². The van der Waals surface area contributed by atoms with Crippen molar-refractivity contribution in [1.82, 2.24) is 0 Å². The van der Waals surface area contributed by atoms with Crippen LogP contribution >= 0.6 is 0 Å². The van der Waals surface area contributed by atoms with Crippen molar-refractivity contribution >= 4 is 5.97 Å². The summed E-state index contributed by atoms with van der Waals surface area (Å²) in [5.41, 5.74) is -1.48. The van der Waals surface area contributed by atoms with Crippen LogP contribution in [0.3, 0.4) is 0 Å². The highest BCUT2D eigenvalue weighted by Gasteiger charge is 2.66. The van der Waals surface area contributed by atoms with Crippen molar-refractivity contribution in [2.45, 2.75) is 65.0 Å². The predicted octanol–water partition coefficient (Wildman–Crippen LogP) is 3.44. The number of carbonyl (C=O) groups is 1. The van der Waals surface area contributed by atoms with Gasteiger partial charge in [-0.2, -0.15) is 0 Å². The Balaban J connectivity index is 1.93. The maximum absolute atomic E-state index is 12.4. The monoisotopic (exact) mass is 388 g/mol. The molecule has 2 N–H and O–H groups in total. The van der Waals surface area contributed by atoms with Crippen molar-refractivity contribution < 1.29 is 24.5 Å². The van der Waals surface area contributed by atoms with Crippen LogP contribution in [0.4, 0.5) is 0 Å². The third-order valence-electron chi connectivity index (χ3n) is 6.87. The number of fused-ring (bicyclic) bond motifs is 3. The van der Waals surface area contributed by atoms with Crippen LogP contribution < -0.4 is 0 Å². The molecule has 154 valence electrons. The highest BCUT2D eigenvalue weighted by molar-refractivity contribution is 5.82. The van der Waals surface area contributed by atoms with Crippen LogP contribution in [0.15, 0.2) is 48.1 Å². The lowest BCUT2D eigenvalue weighted by molar-refractivity contribution is -0.186. The minimum Gasteiger partial charge on any atom is -0.455 e. The van der Waals surface area contributed by atoms with E-state index in [0.717, 1.165) is 19.3 Å². The molecule has 2 fully saturated rings. The normalized spacial score (nSPS) is 39.9. The van der Waals surface area contributed by atoms with E-state index in [2.05, 4.69) is 13.8 Å². The molecule has 3 rings (SSSR count). The second kappa shape index (κ2) is 7.62. The predicted molar refractivity (Wildman–Crippen MR) is 107 cm³/mol. The van der Waals surface area contributed by atoms with E-state index in [1.54, 1.807) is 18.2 Å². The van der Waals surface area contributed by atoms with Crippen LogP contribution in [0.5, 0.6) is 0 Å². The molecule has 1 aliphatic heterocycles. The maximum Gasteiger partial charge on any atom is 0.331 e. The van der Waals surface area contributed by atoms with Gasteiger partial charge in [-0.25, -0.2) is 4.79 Å². The Morgan fingerprint density at radius 1 is 1.21 bits per heavy atom. The van der Waals surface area contributed by atoms with Crippen molar-refractivity contribution in [3.63, 3.8) is 0 Å². The molecule has 0 radical (unpaired) electrons. The average Bonchev–Trinajstić information content (AvgIpc) is 2.91. The van der Waals surface area contributed by atoms with Gasteiger partial charge in [0, 0.05) is 23.0 Å². The highest BCUT2D eigenvalue weighted by Crippen LogP contribution is 2.63. The number of aliphatic hydroxyl groups is 2. The van der Waals surface area contributed by atoms with Crippen molar-refractivity contribution in [1.29, 1.82) is 0 Å². The molecule has 1 saturated carbocycles. The Bertz CT molecular complexity index is 731. The zero-order valence-electron chi connectivity index (χ0n) is 17.2. The summed E-state index contributed by atoms with van der Waals surface area (Å²) >= 11 is 0. The molecule has 2 aliphatic carbocycles. The minimum absolute atomic E-state index is 0.0688. The average molecular weight is 389 g/mol. The van der Waals surface area contributed by atoms with Crippen LogP contribution in [0.25, 0.3) is 0 Å². The fourth-order valence-electron chi connectivity index (χ4n) is 5.57. The molecule has 5 heteroatoms. The number of hydrogen-bond donors (Lipinski definition) is 2. The lowest BCUT2D eigenvalue weighted by Crippen LogP contribution is -2.63. The van der Waals surface area contributed by atoms with Crippen molar-refractivity contribution in [2.24, 2.45) is 16.7 Å². The number of carbonyl (C=O) groups excluding carboxylic acids is 1. The first-order valence-electron chi connectivity index (χ1n) is 10.1. The minimum atomic E-state index is -1.23. The third kappa shape index (κ3) is 3.40. The molecule has 1 saturated heterocycles. The van der Waals surface area contributed by atoms with Gasteiger partial charge in [0.2, 0.25) is 0 Å². The molecule has 0 unspecified atom stereocenters. The zero-order valence-corrected chi connectivity index (χ0v) is 17.2. The molecule has 28 heavy (non-hydrogen) atoms. The lowest BCUT2D eigenvalue weighted by atomic mass is 9.46. The summed E-state index contributed by atoms with van der Waals surface area (Å²) in [7, 11) is 0. The number of ether oxygens (including phenoxy) is 2. The van der Waals surface area contributed by atoms with Crippen LogP contribution in [-0.4, -0.2) is 40.8 Å². The molecule has 0 amide bonds. The summed E-state index contributed by atoms with van der Waals surface area (Å²) in [6.07, 6.45) is 13.2. The highest BCUT2D eigenvalue weighted by atomic mass is 16.6. The lowest BCUT2D eigenvalue weighted by Gasteiger charge is -2.60. The number of allylic oxidation sites excluding steroid dienone is 5. The number of aliphatic hydroxyl groups excluding tert-OH is 1. The van der Waals surface area contributed by atoms with Gasteiger partial charge in [0.05, 0.1) is 6.61 Å². The largest absolute Gasteiger partial charge is 0.455 e. The summed E-state index contributed by atoms with van der Waals surface area (Å²) in [4.78, 5) is 12.4. The van der Waals surface area contributed by atoms with E-state index in [9.17, 15) is 15.0 Å². The van der Waals surface area contributed by atoms with Gasteiger partial charge in [0.1, 0.15) is 11.7 Å². The third-order valence-corrected chi connectivity index (χ3v) is 6.87. The van der Waals surface area contributed by atoms with E-state index in [-0.39, 0.29) is 17.9 Å². The summed E-state index contributed by atoms with van der Waals surface area (Å²) in [6, 6.07) is 0. The molecule has 0 aromatic carbocycles. The first-order valence-corrected chi connectivity index (χ1v) is 10.1. The molecule has 5 nitrogen and oxygen atoms in total. The maximum atomic E-state index is 12.4. The smallest absolute Gasteiger partial charge is 0.331 e. The standard InChI is InChI=1S/C23H32O5/c1-5-6-7-8-9-11-18(24)28-17-14-16-20(25)27-15-23(16,26)22(4)13-10-12-21(2,3)19(17)22/h5-9,11,14,17,19-20,25-26H,10,12-13,15H2,1-4H3/b6-5+,8-7+,11-9+/t17-,19+,20-,22+,23-/m1/s1. The van der Waals surface area contributed by atoms with Gasteiger partial charge in [0.25, 0.3) is 0 Å². The molecule has 0 aromatic rings. The Hall–Kier alpha value is -1.69. The molecular formula is C23H32O5. The van der Waals surface area contributed by atoms with Crippen LogP contribution in [0.2, 0.25) is 0 Å². The van der Waals surface area contributed by atoms with Gasteiger partial charge >= 0.3 is 5.97 Å². The Kier molecular flexibility index (Phi) is 5.72. The number of rotatable bonds is 4. The molecular weight excluding hydrogens is 356 g/mol. The summed E-state index contributed by atoms with van der Waals surface area (Å²) in [6.45, 7) is 8.37. The second-order valence-corrected chi connectivity index (χ2v) is 9.05. The second-order valence-electron chi connectivity index (χ2n) is 9.05. The Morgan fingerprint density at radius 2 is 1.93 bits per heavy atom.